The second kappa shape index (κ2) is 12.1. The minimum absolute atomic E-state index is 0.00897. The van der Waals surface area contributed by atoms with Crippen molar-refractivity contribution in [2.75, 3.05) is 62.2 Å². The first kappa shape index (κ1) is 35.3. The number of piperazine rings is 1. The van der Waals surface area contributed by atoms with Gasteiger partial charge in [-0.25, -0.2) is 14.8 Å². The maximum Gasteiger partial charge on any atom is 0.534 e. The van der Waals surface area contributed by atoms with Crippen LogP contribution in [-0.2, 0) is 30.0 Å². The number of piperidine rings is 1. The zero-order valence-electron chi connectivity index (χ0n) is 26.6. The molecule has 0 bridgehead atoms. The van der Waals surface area contributed by atoms with Crippen molar-refractivity contribution in [1.29, 1.82) is 0 Å². The number of halogens is 6. The molecule has 5 heterocycles. The zero-order chi connectivity index (χ0) is 34.7. The molecule has 4 aliphatic heterocycles. The Balaban J connectivity index is 1.28. The van der Waals surface area contributed by atoms with Gasteiger partial charge in [0.05, 0.1) is 6.61 Å². The first-order valence-electron chi connectivity index (χ1n) is 15.2. The lowest BCUT2D eigenvalue weighted by Crippen LogP contribution is -2.68. The van der Waals surface area contributed by atoms with Crippen molar-refractivity contribution in [1.82, 2.24) is 19.8 Å². The molecule has 2 unspecified atom stereocenters. The van der Waals surface area contributed by atoms with Gasteiger partial charge in [-0.3, -0.25) is 4.90 Å². The van der Waals surface area contributed by atoms with Gasteiger partial charge in [-0.05, 0) is 33.8 Å². The average Bonchev–Trinajstić information content (AvgIpc) is 3.34. The summed E-state index contributed by atoms with van der Waals surface area (Å²) in [5.41, 5.74) is -7.77. The maximum absolute atomic E-state index is 14.0. The Hall–Kier alpha value is -3.06. The van der Waals surface area contributed by atoms with Gasteiger partial charge in [0, 0.05) is 76.3 Å². The summed E-state index contributed by atoms with van der Waals surface area (Å²) in [6.45, 7) is 11.1. The lowest BCUT2D eigenvalue weighted by molar-refractivity contribution is -0.144. The molecule has 1 aromatic heterocycles. The molecule has 0 aromatic carbocycles. The van der Waals surface area contributed by atoms with Gasteiger partial charge in [0.2, 0.25) is 5.82 Å². The minimum atomic E-state index is -5.95. The van der Waals surface area contributed by atoms with E-state index in [1.807, 2.05) is 6.92 Å². The highest BCUT2D eigenvalue weighted by molar-refractivity contribution is 7.87. The second-order valence-corrected chi connectivity index (χ2v) is 14.8. The van der Waals surface area contributed by atoms with E-state index in [1.54, 1.807) is 42.4 Å². The fourth-order valence-electron chi connectivity index (χ4n) is 6.42. The van der Waals surface area contributed by atoms with E-state index in [4.69, 9.17) is 9.47 Å². The maximum atomic E-state index is 14.0. The quantitative estimate of drug-likeness (QED) is 0.252. The van der Waals surface area contributed by atoms with Crippen LogP contribution in [-0.4, -0.2) is 115 Å². The number of rotatable bonds is 5. The van der Waals surface area contributed by atoms with Crippen molar-refractivity contribution in [2.45, 2.75) is 76.0 Å². The van der Waals surface area contributed by atoms with Gasteiger partial charge in [-0.1, -0.05) is 6.92 Å². The van der Waals surface area contributed by atoms with Crippen LogP contribution in [0, 0.1) is 5.92 Å². The van der Waals surface area contributed by atoms with Crippen molar-refractivity contribution in [3.63, 3.8) is 0 Å². The number of amides is 1. The Kier molecular flexibility index (Phi) is 9.09. The van der Waals surface area contributed by atoms with Crippen molar-refractivity contribution in [3.8, 4) is 0 Å². The van der Waals surface area contributed by atoms with Gasteiger partial charge in [0.1, 0.15) is 22.8 Å². The molecule has 1 spiro atoms. The van der Waals surface area contributed by atoms with Crippen LogP contribution in [0.15, 0.2) is 17.9 Å². The molecular formula is C28H38F6N6O6S. The molecule has 4 aliphatic rings. The van der Waals surface area contributed by atoms with Crippen molar-refractivity contribution < 1.29 is 53.2 Å². The zero-order valence-corrected chi connectivity index (χ0v) is 27.4. The summed E-state index contributed by atoms with van der Waals surface area (Å²) in [5.74, 6) is -2.47. The highest BCUT2D eigenvalue weighted by Crippen LogP contribution is 2.45. The fourth-order valence-corrected chi connectivity index (χ4v) is 6.96. The molecule has 5 rings (SSSR count). The Morgan fingerprint density at radius 2 is 1.62 bits per heavy atom. The third-order valence-corrected chi connectivity index (χ3v) is 9.96. The average molecular weight is 701 g/mol. The molecule has 19 heteroatoms. The van der Waals surface area contributed by atoms with Crippen LogP contribution >= 0.6 is 0 Å². The molecule has 1 amide bonds. The molecule has 264 valence electrons. The highest BCUT2D eigenvalue weighted by atomic mass is 32.2. The number of aromatic nitrogens is 2. The monoisotopic (exact) mass is 700 g/mol. The number of hydrogen-bond donors (Lipinski definition) is 0. The second-order valence-electron chi connectivity index (χ2n) is 13.2. The van der Waals surface area contributed by atoms with E-state index < -0.39 is 56.6 Å². The Labute approximate surface area is 268 Å². The van der Waals surface area contributed by atoms with Crippen molar-refractivity contribution in [3.05, 3.63) is 23.7 Å². The number of alkyl halides is 6. The van der Waals surface area contributed by atoms with E-state index in [0.717, 1.165) is 6.08 Å². The Morgan fingerprint density at radius 1 is 0.979 bits per heavy atom. The van der Waals surface area contributed by atoms with Gasteiger partial charge < -0.3 is 28.4 Å². The lowest BCUT2D eigenvalue weighted by atomic mass is 9.81. The third-order valence-electron chi connectivity index (χ3n) is 8.99. The summed E-state index contributed by atoms with van der Waals surface area (Å²) in [4.78, 5) is 27.2. The summed E-state index contributed by atoms with van der Waals surface area (Å²) in [6.07, 6.45) is -4.19. The first-order chi connectivity index (χ1) is 21.6. The summed E-state index contributed by atoms with van der Waals surface area (Å²) >= 11 is 0. The standard InChI is InChI=1S/C28H38F6N6O6S/c1-17-15-39(8-7-26(17)20(6-13-44-26)46-47(42,43)28(32,33)34)21-14-22(36-23(35-21)27(29,30)31)40-16-19(18(40)2)37-9-11-38(12-10-37)24(41)45-25(3,4)5/h6,14,17-19H,7-13,15-16H2,1-5H3/t17?,18-,19-,26?/m1/s1. The third kappa shape index (κ3) is 7.06. The van der Waals surface area contributed by atoms with Gasteiger partial charge in [-0.15, -0.1) is 0 Å². The molecule has 0 radical (unpaired) electrons. The number of carbonyl (C=O) groups excluding carboxylic acids is 1. The highest BCUT2D eigenvalue weighted by Gasteiger charge is 2.55. The predicted octanol–water partition coefficient (Wildman–Crippen LogP) is 3.99. The van der Waals surface area contributed by atoms with Crippen LogP contribution in [0.2, 0.25) is 0 Å². The number of hydrogen-bond acceptors (Lipinski definition) is 11. The van der Waals surface area contributed by atoms with Crippen LogP contribution in [0.5, 0.6) is 0 Å². The summed E-state index contributed by atoms with van der Waals surface area (Å²) in [5, 5.41) is 0. The Bertz CT molecular complexity index is 1490. The molecule has 0 saturated carbocycles. The molecular weight excluding hydrogens is 662 g/mol. The van der Waals surface area contributed by atoms with E-state index in [9.17, 15) is 39.6 Å². The fraction of sp³-hybridized carbons (Fsp3) is 0.750. The van der Waals surface area contributed by atoms with Crippen molar-refractivity contribution in [2.24, 2.45) is 5.92 Å². The summed E-state index contributed by atoms with van der Waals surface area (Å²) < 4.78 is 120. The minimum Gasteiger partial charge on any atom is -0.444 e. The molecule has 4 atom stereocenters. The first-order valence-corrected chi connectivity index (χ1v) is 16.6. The van der Waals surface area contributed by atoms with Crippen molar-refractivity contribution >= 4 is 27.8 Å². The number of anilines is 2. The van der Waals surface area contributed by atoms with E-state index in [-0.39, 0.29) is 49.8 Å². The van der Waals surface area contributed by atoms with E-state index in [0.29, 0.717) is 32.7 Å². The molecule has 47 heavy (non-hydrogen) atoms. The number of nitrogens with zero attached hydrogens (tertiary/aromatic N) is 6. The van der Waals surface area contributed by atoms with E-state index >= 15 is 0 Å². The van der Waals surface area contributed by atoms with Gasteiger partial charge in [0.25, 0.3) is 0 Å². The van der Waals surface area contributed by atoms with Crippen LogP contribution in [0.4, 0.5) is 42.8 Å². The van der Waals surface area contributed by atoms with Gasteiger partial charge in [0.15, 0.2) is 5.76 Å². The largest absolute Gasteiger partial charge is 0.534 e. The lowest BCUT2D eigenvalue weighted by Gasteiger charge is -2.53. The summed E-state index contributed by atoms with van der Waals surface area (Å²) in [6, 6.07) is 1.25. The number of carbonyl (C=O) groups is 1. The normalized spacial score (nSPS) is 27.9. The van der Waals surface area contributed by atoms with Crippen LogP contribution < -0.4 is 9.80 Å². The molecule has 0 N–H and O–H groups in total. The van der Waals surface area contributed by atoms with Crippen LogP contribution in [0.1, 0.15) is 46.9 Å². The van der Waals surface area contributed by atoms with E-state index in [2.05, 4.69) is 19.1 Å². The molecule has 12 nitrogen and oxygen atoms in total. The Morgan fingerprint density at radius 3 is 2.17 bits per heavy atom. The van der Waals surface area contributed by atoms with Gasteiger partial charge in [-0.2, -0.15) is 34.8 Å². The molecule has 1 aromatic rings. The van der Waals surface area contributed by atoms with E-state index in [1.165, 1.54) is 6.07 Å². The topological polar surface area (TPSA) is 118 Å². The molecule has 3 saturated heterocycles. The van der Waals surface area contributed by atoms with Crippen LogP contribution in [0.25, 0.3) is 0 Å². The smallest absolute Gasteiger partial charge is 0.444 e. The van der Waals surface area contributed by atoms with Gasteiger partial charge >= 0.3 is 27.9 Å². The van der Waals surface area contributed by atoms with Crippen LogP contribution in [0.3, 0.4) is 0 Å². The molecule has 0 aliphatic carbocycles. The SMILES string of the molecule is CC1CN(c2cc(N3C[C@@H](N4CCN(C(=O)OC(C)(C)C)CC4)[C@H]3C)nc(C(F)(F)F)n2)CCC12OCC=C2OS(=O)(=O)C(F)(F)F. The predicted molar refractivity (Wildman–Crippen MR) is 156 cm³/mol. The summed E-state index contributed by atoms with van der Waals surface area (Å²) in [7, 11) is -5.95. The molecule has 3 fully saturated rings. The number of ether oxygens (including phenoxy) is 2.